The van der Waals surface area contributed by atoms with Crippen molar-refractivity contribution in [2.24, 2.45) is 17.6 Å². The molecule has 0 aromatic rings. The standard InChI is InChI=1S/C15H30N2O/c1-13-4-3-7-15(10-13,12-16)17(2)11-14-5-8-18-9-6-14/h13-14H,3-12,16H2,1-2H3. The molecule has 2 fully saturated rings. The van der Waals surface area contributed by atoms with Gasteiger partial charge < -0.3 is 10.5 Å². The number of ether oxygens (including phenoxy) is 1. The van der Waals surface area contributed by atoms with E-state index in [0.29, 0.717) is 0 Å². The molecule has 1 heterocycles. The minimum atomic E-state index is 0.274. The molecule has 0 bridgehead atoms. The Labute approximate surface area is 112 Å². The first-order valence-corrected chi connectivity index (χ1v) is 7.65. The molecule has 0 radical (unpaired) electrons. The maximum atomic E-state index is 6.14. The lowest BCUT2D eigenvalue weighted by molar-refractivity contribution is 0.0146. The monoisotopic (exact) mass is 254 g/mol. The van der Waals surface area contributed by atoms with Crippen LogP contribution in [0.15, 0.2) is 0 Å². The molecule has 1 aliphatic carbocycles. The molecular formula is C15H30N2O. The molecular weight excluding hydrogens is 224 g/mol. The number of likely N-dealkylation sites (N-methyl/N-ethyl adjacent to an activating group) is 1. The molecule has 18 heavy (non-hydrogen) atoms. The minimum absolute atomic E-state index is 0.274. The van der Waals surface area contributed by atoms with Crippen molar-refractivity contribution in [2.45, 2.75) is 51.0 Å². The van der Waals surface area contributed by atoms with Gasteiger partial charge in [-0.2, -0.15) is 0 Å². The van der Waals surface area contributed by atoms with Crippen molar-refractivity contribution in [3.8, 4) is 0 Å². The van der Waals surface area contributed by atoms with Gasteiger partial charge in [-0.05, 0) is 44.6 Å². The van der Waals surface area contributed by atoms with Crippen LogP contribution in [-0.2, 0) is 4.74 Å². The van der Waals surface area contributed by atoms with Gasteiger partial charge in [-0.3, -0.25) is 4.90 Å². The SMILES string of the molecule is CC1CCCC(CN)(N(C)CC2CCOCC2)C1. The number of hydrogen-bond acceptors (Lipinski definition) is 3. The number of nitrogens with two attached hydrogens (primary N) is 1. The van der Waals surface area contributed by atoms with Crippen LogP contribution >= 0.6 is 0 Å². The van der Waals surface area contributed by atoms with Crippen LogP contribution < -0.4 is 5.73 Å². The second-order valence-electron chi connectivity index (χ2n) is 6.57. The van der Waals surface area contributed by atoms with Gasteiger partial charge in [0.1, 0.15) is 0 Å². The summed E-state index contributed by atoms with van der Waals surface area (Å²) >= 11 is 0. The molecule has 2 aliphatic rings. The van der Waals surface area contributed by atoms with Gasteiger partial charge in [-0.15, -0.1) is 0 Å². The van der Waals surface area contributed by atoms with Gasteiger partial charge >= 0.3 is 0 Å². The molecule has 2 rings (SSSR count). The van der Waals surface area contributed by atoms with Crippen molar-refractivity contribution in [3.05, 3.63) is 0 Å². The zero-order valence-corrected chi connectivity index (χ0v) is 12.2. The summed E-state index contributed by atoms with van der Waals surface area (Å²) in [6.45, 7) is 6.30. The predicted molar refractivity (Wildman–Crippen MR) is 75.6 cm³/mol. The van der Waals surface area contributed by atoms with Crippen LogP contribution in [0, 0.1) is 11.8 Å². The van der Waals surface area contributed by atoms with Crippen LogP contribution in [-0.4, -0.2) is 43.8 Å². The first-order chi connectivity index (χ1) is 8.66. The largest absolute Gasteiger partial charge is 0.381 e. The third kappa shape index (κ3) is 3.25. The third-order valence-electron chi connectivity index (χ3n) is 5.13. The zero-order chi connectivity index (χ0) is 13.0. The molecule has 1 aliphatic heterocycles. The second kappa shape index (κ2) is 6.36. The molecule has 3 nitrogen and oxygen atoms in total. The summed E-state index contributed by atoms with van der Waals surface area (Å²) in [5.74, 6) is 1.64. The molecule has 2 atom stereocenters. The van der Waals surface area contributed by atoms with E-state index in [0.717, 1.165) is 31.6 Å². The van der Waals surface area contributed by atoms with E-state index in [9.17, 15) is 0 Å². The Balaban J connectivity index is 1.93. The van der Waals surface area contributed by atoms with Gasteiger partial charge in [0.25, 0.3) is 0 Å². The molecule has 1 saturated carbocycles. The molecule has 3 heteroatoms. The third-order valence-corrected chi connectivity index (χ3v) is 5.13. The van der Waals surface area contributed by atoms with Gasteiger partial charge in [-0.1, -0.05) is 19.8 Å². The fourth-order valence-electron chi connectivity index (χ4n) is 3.83. The molecule has 0 amide bonds. The fourth-order valence-corrected chi connectivity index (χ4v) is 3.83. The van der Waals surface area contributed by atoms with E-state index in [1.165, 1.54) is 45.1 Å². The van der Waals surface area contributed by atoms with Gasteiger partial charge in [0, 0.05) is 31.8 Å². The summed E-state index contributed by atoms with van der Waals surface area (Å²) in [6, 6.07) is 0. The summed E-state index contributed by atoms with van der Waals surface area (Å²) in [5, 5.41) is 0. The van der Waals surface area contributed by atoms with Crippen LogP contribution in [0.2, 0.25) is 0 Å². The average Bonchev–Trinajstić information content (AvgIpc) is 2.39. The average molecular weight is 254 g/mol. The lowest BCUT2D eigenvalue weighted by Crippen LogP contribution is -2.55. The van der Waals surface area contributed by atoms with E-state index in [2.05, 4.69) is 18.9 Å². The van der Waals surface area contributed by atoms with Crippen molar-refractivity contribution in [3.63, 3.8) is 0 Å². The normalized spacial score (nSPS) is 35.0. The summed E-state index contributed by atoms with van der Waals surface area (Å²) in [6.07, 6.45) is 7.74. The van der Waals surface area contributed by atoms with Crippen molar-refractivity contribution in [1.82, 2.24) is 4.90 Å². The fraction of sp³-hybridized carbons (Fsp3) is 1.00. The van der Waals surface area contributed by atoms with E-state index in [1.807, 2.05) is 0 Å². The van der Waals surface area contributed by atoms with E-state index in [4.69, 9.17) is 10.5 Å². The Morgan fingerprint density at radius 1 is 1.28 bits per heavy atom. The maximum absolute atomic E-state index is 6.14. The van der Waals surface area contributed by atoms with E-state index >= 15 is 0 Å². The van der Waals surface area contributed by atoms with Crippen LogP contribution in [0.25, 0.3) is 0 Å². The smallest absolute Gasteiger partial charge is 0.0469 e. The predicted octanol–water partition coefficient (Wildman–Crippen LogP) is 2.25. The maximum Gasteiger partial charge on any atom is 0.0469 e. The van der Waals surface area contributed by atoms with Crippen LogP contribution in [0.5, 0.6) is 0 Å². The molecule has 0 aromatic heterocycles. The highest BCUT2D eigenvalue weighted by molar-refractivity contribution is 4.95. The minimum Gasteiger partial charge on any atom is -0.381 e. The quantitative estimate of drug-likeness (QED) is 0.836. The van der Waals surface area contributed by atoms with Crippen molar-refractivity contribution >= 4 is 0 Å². The van der Waals surface area contributed by atoms with E-state index < -0.39 is 0 Å². The van der Waals surface area contributed by atoms with E-state index in [-0.39, 0.29) is 5.54 Å². The van der Waals surface area contributed by atoms with Gasteiger partial charge in [-0.25, -0.2) is 0 Å². The van der Waals surface area contributed by atoms with Crippen molar-refractivity contribution in [2.75, 3.05) is 33.4 Å². The Morgan fingerprint density at radius 2 is 2.00 bits per heavy atom. The summed E-state index contributed by atoms with van der Waals surface area (Å²) in [4.78, 5) is 2.58. The highest BCUT2D eigenvalue weighted by atomic mass is 16.5. The van der Waals surface area contributed by atoms with Crippen LogP contribution in [0.4, 0.5) is 0 Å². The highest BCUT2D eigenvalue weighted by Crippen LogP contribution is 2.36. The zero-order valence-electron chi connectivity index (χ0n) is 12.2. The van der Waals surface area contributed by atoms with Gasteiger partial charge in [0.2, 0.25) is 0 Å². The summed E-state index contributed by atoms with van der Waals surface area (Å²) < 4.78 is 5.45. The number of nitrogens with zero attached hydrogens (tertiary/aromatic N) is 1. The van der Waals surface area contributed by atoms with Crippen molar-refractivity contribution in [1.29, 1.82) is 0 Å². The lowest BCUT2D eigenvalue weighted by Gasteiger charge is -2.47. The van der Waals surface area contributed by atoms with Crippen molar-refractivity contribution < 1.29 is 4.74 Å². The summed E-state index contributed by atoms with van der Waals surface area (Å²) in [5.41, 5.74) is 6.41. The molecule has 2 unspecified atom stereocenters. The van der Waals surface area contributed by atoms with Gasteiger partial charge in [0.05, 0.1) is 0 Å². The molecule has 0 aromatic carbocycles. The van der Waals surface area contributed by atoms with Gasteiger partial charge in [0.15, 0.2) is 0 Å². The van der Waals surface area contributed by atoms with Crippen LogP contribution in [0.1, 0.15) is 45.4 Å². The molecule has 2 N–H and O–H groups in total. The lowest BCUT2D eigenvalue weighted by atomic mass is 9.75. The second-order valence-corrected chi connectivity index (χ2v) is 6.57. The summed E-state index contributed by atoms with van der Waals surface area (Å²) in [7, 11) is 2.29. The first kappa shape index (κ1) is 14.3. The highest BCUT2D eigenvalue weighted by Gasteiger charge is 2.38. The number of hydrogen-bond donors (Lipinski definition) is 1. The Hall–Kier alpha value is -0.120. The topological polar surface area (TPSA) is 38.5 Å². The van der Waals surface area contributed by atoms with Crippen LogP contribution in [0.3, 0.4) is 0 Å². The molecule has 106 valence electrons. The van der Waals surface area contributed by atoms with E-state index in [1.54, 1.807) is 0 Å². The number of rotatable bonds is 4. The Kier molecular flexibility index (Phi) is 5.05. The molecule has 1 saturated heterocycles. The molecule has 0 spiro atoms. The first-order valence-electron chi connectivity index (χ1n) is 7.65. The Morgan fingerprint density at radius 3 is 2.61 bits per heavy atom. The Bertz CT molecular complexity index is 253.